The zero-order valence-electron chi connectivity index (χ0n) is 13.6. The third-order valence-corrected chi connectivity index (χ3v) is 4.23. The van der Waals surface area contributed by atoms with Crippen molar-refractivity contribution in [2.75, 3.05) is 0 Å². The minimum Gasteiger partial charge on any atom is -0.457 e. The van der Waals surface area contributed by atoms with E-state index >= 15 is 0 Å². The van der Waals surface area contributed by atoms with Gasteiger partial charge in [-0.25, -0.2) is 13.8 Å². The molecule has 0 saturated heterocycles. The third kappa shape index (κ3) is 3.15. The molecular weight excluding hydrogens is 300 g/mol. The largest absolute Gasteiger partial charge is 0.457 e. The van der Waals surface area contributed by atoms with Gasteiger partial charge in [0.1, 0.15) is 17.9 Å². The Bertz CT molecular complexity index is 769. The molecule has 0 aromatic carbocycles. The second-order valence-electron chi connectivity index (χ2n) is 7.18. The van der Waals surface area contributed by atoms with Crippen molar-refractivity contribution in [3.63, 3.8) is 0 Å². The van der Waals surface area contributed by atoms with Crippen LogP contribution in [0.4, 0.5) is 8.78 Å². The molecule has 0 spiro atoms. The van der Waals surface area contributed by atoms with Gasteiger partial charge in [0.25, 0.3) is 5.92 Å². The predicted octanol–water partition coefficient (Wildman–Crippen LogP) is 4.82. The lowest BCUT2D eigenvalue weighted by Crippen LogP contribution is -2.19. The number of rotatable bonds is 2. The Labute approximate surface area is 134 Å². The van der Waals surface area contributed by atoms with Crippen molar-refractivity contribution in [2.24, 2.45) is 0 Å². The number of hydrogen-bond donors (Lipinski definition) is 1. The summed E-state index contributed by atoms with van der Waals surface area (Å²) in [7, 11) is 0. The van der Waals surface area contributed by atoms with Crippen LogP contribution in [0.2, 0.25) is 0 Å². The zero-order valence-corrected chi connectivity index (χ0v) is 13.6. The number of aliphatic hydroxyl groups excluding tert-OH is 1. The molecule has 3 nitrogen and oxygen atoms in total. The molecule has 0 radical (unpaired) electrons. The molecular formula is C18H21F2NO2. The average molecular weight is 321 g/mol. The molecule has 5 heteroatoms. The third-order valence-electron chi connectivity index (χ3n) is 4.23. The number of hydrogen-bond acceptors (Lipinski definition) is 3. The van der Waals surface area contributed by atoms with Crippen LogP contribution in [0.5, 0.6) is 0 Å². The fourth-order valence-electron chi connectivity index (χ4n) is 2.90. The predicted molar refractivity (Wildman–Crippen MR) is 85.4 cm³/mol. The summed E-state index contributed by atoms with van der Waals surface area (Å²) < 4.78 is 32.4. The summed E-state index contributed by atoms with van der Waals surface area (Å²) in [5.41, 5.74) is 3.69. The van der Waals surface area contributed by atoms with Gasteiger partial charge < -0.3 is 9.52 Å². The van der Waals surface area contributed by atoms with Gasteiger partial charge in [-0.2, -0.15) is 0 Å². The molecule has 1 aliphatic rings. The maximum absolute atomic E-state index is 13.4. The first-order valence-corrected chi connectivity index (χ1v) is 7.82. The van der Waals surface area contributed by atoms with Crippen LogP contribution < -0.4 is 0 Å². The van der Waals surface area contributed by atoms with Crippen molar-refractivity contribution in [1.29, 1.82) is 0 Å². The molecule has 124 valence electrons. The number of allylic oxidation sites excluding steroid dienone is 2. The molecule has 2 aromatic rings. The number of nitrogens with zero attached hydrogens (tertiary/aromatic N) is 1. The highest BCUT2D eigenvalue weighted by Crippen LogP contribution is 2.38. The van der Waals surface area contributed by atoms with Gasteiger partial charge >= 0.3 is 0 Å². The molecule has 3 rings (SSSR count). The molecule has 0 atom stereocenters. The second-order valence-corrected chi connectivity index (χ2v) is 7.18. The van der Waals surface area contributed by atoms with Crippen molar-refractivity contribution in [3.05, 3.63) is 35.2 Å². The molecule has 2 heterocycles. The molecule has 0 fully saturated rings. The van der Waals surface area contributed by atoms with Crippen LogP contribution in [0.3, 0.4) is 0 Å². The highest BCUT2D eigenvalue weighted by atomic mass is 19.3. The van der Waals surface area contributed by atoms with E-state index in [-0.39, 0.29) is 24.9 Å². The van der Waals surface area contributed by atoms with E-state index in [1.54, 1.807) is 12.1 Å². The molecule has 0 amide bonds. The number of aromatic nitrogens is 1. The number of furan rings is 1. The number of aliphatic hydroxyl groups is 1. The molecule has 0 unspecified atom stereocenters. The van der Waals surface area contributed by atoms with E-state index in [1.165, 1.54) is 0 Å². The first-order valence-electron chi connectivity index (χ1n) is 7.82. The SMILES string of the molecule is CC(C)(C)c1cc(C2=CCC(F)(F)CC2)nc2cc(CO)oc12. The van der Waals surface area contributed by atoms with E-state index in [4.69, 9.17) is 4.42 Å². The summed E-state index contributed by atoms with van der Waals surface area (Å²) in [5, 5.41) is 9.29. The van der Waals surface area contributed by atoms with E-state index in [9.17, 15) is 13.9 Å². The van der Waals surface area contributed by atoms with E-state index in [2.05, 4.69) is 25.8 Å². The van der Waals surface area contributed by atoms with E-state index < -0.39 is 5.92 Å². The van der Waals surface area contributed by atoms with Crippen LogP contribution in [0.15, 0.2) is 22.6 Å². The summed E-state index contributed by atoms with van der Waals surface area (Å²) in [6.07, 6.45) is 1.54. The van der Waals surface area contributed by atoms with Crippen molar-refractivity contribution < 1.29 is 18.3 Å². The highest BCUT2D eigenvalue weighted by molar-refractivity contribution is 5.81. The van der Waals surface area contributed by atoms with Crippen molar-refractivity contribution in [1.82, 2.24) is 4.98 Å². The lowest BCUT2D eigenvalue weighted by Gasteiger charge is -2.23. The van der Waals surface area contributed by atoms with Gasteiger partial charge in [-0.3, -0.25) is 0 Å². The molecule has 1 aliphatic carbocycles. The van der Waals surface area contributed by atoms with Crippen LogP contribution in [0.25, 0.3) is 16.7 Å². The van der Waals surface area contributed by atoms with Gasteiger partial charge in [-0.15, -0.1) is 0 Å². The summed E-state index contributed by atoms with van der Waals surface area (Å²) in [6.45, 7) is 6.01. The Morgan fingerprint density at radius 2 is 2.04 bits per heavy atom. The monoisotopic (exact) mass is 321 g/mol. The summed E-state index contributed by atoms with van der Waals surface area (Å²) in [4.78, 5) is 4.57. The fraction of sp³-hybridized carbons (Fsp3) is 0.500. The normalized spacial score (nSPS) is 18.3. The van der Waals surface area contributed by atoms with Gasteiger partial charge in [0.2, 0.25) is 0 Å². The molecule has 0 aliphatic heterocycles. The Morgan fingerprint density at radius 1 is 1.30 bits per heavy atom. The first kappa shape index (κ1) is 16.1. The number of alkyl halides is 2. The summed E-state index contributed by atoms with van der Waals surface area (Å²) in [6, 6.07) is 3.65. The average Bonchev–Trinajstić information content (AvgIpc) is 2.88. The Morgan fingerprint density at radius 3 is 2.61 bits per heavy atom. The molecule has 2 aromatic heterocycles. The molecule has 1 N–H and O–H groups in total. The second kappa shape index (κ2) is 5.41. The minimum atomic E-state index is -2.61. The van der Waals surface area contributed by atoms with Crippen LogP contribution in [0, 0.1) is 0 Å². The van der Waals surface area contributed by atoms with Gasteiger partial charge in [-0.05, 0) is 23.5 Å². The Kier molecular flexibility index (Phi) is 3.79. The van der Waals surface area contributed by atoms with Crippen LogP contribution in [-0.2, 0) is 12.0 Å². The minimum absolute atomic E-state index is 0.142. The van der Waals surface area contributed by atoms with Gasteiger partial charge in [0, 0.05) is 24.5 Å². The maximum atomic E-state index is 13.4. The van der Waals surface area contributed by atoms with Crippen molar-refractivity contribution >= 4 is 16.7 Å². The van der Waals surface area contributed by atoms with Gasteiger partial charge in [0.15, 0.2) is 5.58 Å². The van der Waals surface area contributed by atoms with Crippen molar-refractivity contribution in [3.8, 4) is 0 Å². The molecule has 0 saturated carbocycles. The standard InChI is InChI=1S/C18H21F2NO2/c1-17(2,3)13-9-14(11-4-6-18(19,20)7-5-11)21-15-8-12(10-22)23-16(13)15/h4,8-9,22H,5-7,10H2,1-3H3. The number of pyridine rings is 1. The number of fused-ring (bicyclic) bond motifs is 1. The topological polar surface area (TPSA) is 46.3 Å². The van der Waals surface area contributed by atoms with Gasteiger partial charge in [-0.1, -0.05) is 26.8 Å². The van der Waals surface area contributed by atoms with E-state index in [1.807, 2.05) is 6.07 Å². The quantitative estimate of drug-likeness (QED) is 0.862. The zero-order chi connectivity index (χ0) is 16.8. The van der Waals surface area contributed by atoms with Crippen LogP contribution in [-0.4, -0.2) is 16.0 Å². The van der Waals surface area contributed by atoms with E-state index in [0.29, 0.717) is 23.3 Å². The van der Waals surface area contributed by atoms with Gasteiger partial charge in [0.05, 0.1) is 5.69 Å². The Hall–Kier alpha value is -1.75. The summed E-state index contributed by atoms with van der Waals surface area (Å²) >= 11 is 0. The number of halogens is 2. The van der Waals surface area contributed by atoms with E-state index in [0.717, 1.165) is 16.8 Å². The maximum Gasteiger partial charge on any atom is 0.251 e. The fourth-order valence-corrected chi connectivity index (χ4v) is 2.90. The molecule has 0 bridgehead atoms. The smallest absolute Gasteiger partial charge is 0.251 e. The van der Waals surface area contributed by atoms with Crippen LogP contribution >= 0.6 is 0 Å². The Balaban J connectivity index is 2.14. The van der Waals surface area contributed by atoms with Crippen molar-refractivity contribution in [2.45, 2.75) is 58.0 Å². The first-order chi connectivity index (χ1) is 10.7. The van der Waals surface area contributed by atoms with Crippen LogP contribution in [0.1, 0.15) is 57.1 Å². The lowest BCUT2D eigenvalue weighted by atomic mass is 9.85. The lowest BCUT2D eigenvalue weighted by molar-refractivity contribution is -0.00605. The summed E-state index contributed by atoms with van der Waals surface area (Å²) in [5.74, 6) is -2.15. The highest BCUT2D eigenvalue weighted by Gasteiger charge is 2.32. The molecule has 23 heavy (non-hydrogen) atoms.